The van der Waals surface area contributed by atoms with E-state index in [4.69, 9.17) is 28.2 Å². The third-order valence-electron chi connectivity index (χ3n) is 3.81. The first-order valence-corrected chi connectivity index (χ1v) is 8.45. The van der Waals surface area contributed by atoms with E-state index in [0.29, 0.717) is 21.8 Å². The first-order valence-electron chi connectivity index (χ1n) is 6.88. The smallest absolute Gasteiger partial charge is 0.143 e. The number of fused-ring (bicyclic) bond motifs is 1. The number of halogens is 2. The van der Waals surface area contributed by atoms with Crippen LogP contribution in [0.5, 0.6) is 0 Å². The lowest BCUT2D eigenvalue weighted by Gasteiger charge is -2.34. The highest BCUT2D eigenvalue weighted by Crippen LogP contribution is 2.45. The monoisotopic (exact) mass is 341 g/mol. The Kier molecular flexibility index (Phi) is 3.99. The fourth-order valence-electron chi connectivity index (χ4n) is 2.84. The zero-order chi connectivity index (χ0) is 15.2. The summed E-state index contributed by atoms with van der Waals surface area (Å²) in [6.07, 6.45) is 3.71. The molecule has 0 saturated carbocycles. The van der Waals surface area contributed by atoms with E-state index in [0.717, 1.165) is 17.8 Å². The molecule has 0 amide bonds. The molecule has 1 unspecified atom stereocenters. The highest BCUT2D eigenvalue weighted by molar-refractivity contribution is 7.15. The van der Waals surface area contributed by atoms with Gasteiger partial charge < -0.3 is 5.32 Å². The van der Waals surface area contributed by atoms with Crippen molar-refractivity contribution in [2.75, 3.05) is 7.05 Å². The predicted octanol–water partition coefficient (Wildman–Crippen LogP) is 4.74. The number of hydrogen-bond acceptors (Lipinski definition) is 4. The fourth-order valence-corrected chi connectivity index (χ4v) is 4.57. The van der Waals surface area contributed by atoms with E-state index in [2.05, 4.69) is 24.1 Å². The second-order valence-electron chi connectivity index (χ2n) is 6.20. The number of rotatable bonds is 2. The van der Waals surface area contributed by atoms with Crippen molar-refractivity contribution in [3.05, 3.63) is 32.9 Å². The van der Waals surface area contributed by atoms with E-state index in [1.54, 1.807) is 23.6 Å². The standard InChI is InChI=1S/C15H17Cl2N3S/c1-15(2)5-10(18-3)13-11(6-15)20-14(21-13)12-9(17)4-8(16)7-19-12/h4,7,10,18H,5-6H2,1-3H3. The molecule has 0 aromatic carbocycles. The summed E-state index contributed by atoms with van der Waals surface area (Å²) in [6.45, 7) is 4.57. The van der Waals surface area contributed by atoms with E-state index in [9.17, 15) is 0 Å². The molecule has 0 aliphatic heterocycles. The number of nitrogens with zero attached hydrogens (tertiary/aromatic N) is 2. The lowest BCUT2D eigenvalue weighted by molar-refractivity contribution is 0.265. The molecule has 1 aliphatic rings. The van der Waals surface area contributed by atoms with E-state index in [-0.39, 0.29) is 5.41 Å². The van der Waals surface area contributed by atoms with Gasteiger partial charge in [-0.3, -0.25) is 4.98 Å². The van der Waals surface area contributed by atoms with Crippen molar-refractivity contribution in [1.82, 2.24) is 15.3 Å². The second-order valence-corrected chi connectivity index (χ2v) is 8.07. The van der Waals surface area contributed by atoms with Gasteiger partial charge in [0.2, 0.25) is 0 Å². The van der Waals surface area contributed by atoms with Crippen LogP contribution in [0.2, 0.25) is 10.0 Å². The maximum atomic E-state index is 6.26. The van der Waals surface area contributed by atoms with Crippen LogP contribution in [0, 0.1) is 5.41 Å². The third kappa shape index (κ3) is 2.95. The van der Waals surface area contributed by atoms with Crippen molar-refractivity contribution in [3.8, 4) is 10.7 Å². The van der Waals surface area contributed by atoms with Crippen LogP contribution in [-0.2, 0) is 6.42 Å². The van der Waals surface area contributed by atoms with Gasteiger partial charge in [-0.25, -0.2) is 4.98 Å². The molecule has 2 aromatic rings. The van der Waals surface area contributed by atoms with Gasteiger partial charge in [-0.05, 0) is 31.4 Å². The molecule has 3 rings (SSSR count). The summed E-state index contributed by atoms with van der Waals surface area (Å²) in [5.74, 6) is 0. The SMILES string of the molecule is CNC1CC(C)(C)Cc2nc(-c3ncc(Cl)cc3Cl)sc21. The maximum Gasteiger partial charge on any atom is 0.143 e. The predicted molar refractivity (Wildman–Crippen MR) is 89.3 cm³/mol. The molecule has 1 N–H and O–H groups in total. The van der Waals surface area contributed by atoms with Gasteiger partial charge in [-0.1, -0.05) is 37.0 Å². The first-order chi connectivity index (χ1) is 9.89. The highest BCUT2D eigenvalue weighted by Gasteiger charge is 2.34. The minimum Gasteiger partial charge on any atom is -0.312 e. The van der Waals surface area contributed by atoms with Gasteiger partial charge in [0.25, 0.3) is 0 Å². The van der Waals surface area contributed by atoms with Gasteiger partial charge in [0.05, 0.1) is 15.7 Å². The number of hydrogen-bond donors (Lipinski definition) is 1. The molecular weight excluding hydrogens is 325 g/mol. The molecule has 3 nitrogen and oxygen atoms in total. The first kappa shape index (κ1) is 15.2. The van der Waals surface area contributed by atoms with Gasteiger partial charge in [0.15, 0.2) is 0 Å². The second kappa shape index (κ2) is 5.51. The van der Waals surface area contributed by atoms with Gasteiger partial charge >= 0.3 is 0 Å². The Balaban J connectivity index is 2.06. The summed E-state index contributed by atoms with van der Waals surface area (Å²) in [6, 6.07) is 2.06. The van der Waals surface area contributed by atoms with Gasteiger partial charge in [-0.15, -0.1) is 11.3 Å². The summed E-state index contributed by atoms with van der Waals surface area (Å²) < 4.78 is 0. The average Bonchev–Trinajstić information content (AvgIpc) is 2.79. The molecule has 0 bridgehead atoms. The summed E-state index contributed by atoms with van der Waals surface area (Å²) in [4.78, 5) is 10.4. The van der Waals surface area contributed by atoms with Crippen molar-refractivity contribution in [2.45, 2.75) is 32.7 Å². The Hall–Kier alpha value is -0.680. The minimum atomic E-state index is 0.253. The lowest BCUT2D eigenvalue weighted by Crippen LogP contribution is -2.30. The van der Waals surface area contributed by atoms with Crippen molar-refractivity contribution in [3.63, 3.8) is 0 Å². The van der Waals surface area contributed by atoms with Crippen molar-refractivity contribution >= 4 is 34.5 Å². The molecule has 6 heteroatoms. The summed E-state index contributed by atoms with van der Waals surface area (Å²) in [7, 11) is 2.00. The number of thiazole rings is 1. The van der Waals surface area contributed by atoms with Gasteiger partial charge in [0, 0.05) is 17.1 Å². The van der Waals surface area contributed by atoms with Crippen LogP contribution in [0.15, 0.2) is 12.3 Å². The Morgan fingerprint density at radius 1 is 1.38 bits per heavy atom. The minimum absolute atomic E-state index is 0.253. The largest absolute Gasteiger partial charge is 0.312 e. The van der Waals surface area contributed by atoms with E-state index in [1.165, 1.54) is 10.6 Å². The van der Waals surface area contributed by atoms with E-state index in [1.807, 2.05) is 7.05 Å². The van der Waals surface area contributed by atoms with Crippen LogP contribution in [0.1, 0.15) is 36.9 Å². The molecular formula is C15H17Cl2N3S. The van der Waals surface area contributed by atoms with Crippen LogP contribution < -0.4 is 5.32 Å². The Morgan fingerprint density at radius 3 is 2.81 bits per heavy atom. The molecule has 112 valence electrons. The van der Waals surface area contributed by atoms with E-state index >= 15 is 0 Å². The van der Waals surface area contributed by atoms with Crippen molar-refractivity contribution < 1.29 is 0 Å². The molecule has 0 fully saturated rings. The molecule has 0 spiro atoms. The van der Waals surface area contributed by atoms with Crippen LogP contribution >= 0.6 is 34.5 Å². The summed E-state index contributed by atoms with van der Waals surface area (Å²) in [5, 5.41) is 5.37. The fraction of sp³-hybridized carbons (Fsp3) is 0.467. The van der Waals surface area contributed by atoms with Crippen LogP contribution in [-0.4, -0.2) is 17.0 Å². The summed E-state index contributed by atoms with van der Waals surface area (Å²) >= 11 is 13.9. The number of pyridine rings is 1. The normalized spacial score (nSPS) is 20.3. The molecule has 0 radical (unpaired) electrons. The Labute approximate surface area is 138 Å². The number of nitrogens with one attached hydrogen (secondary N) is 1. The summed E-state index contributed by atoms with van der Waals surface area (Å²) in [5.41, 5.74) is 2.13. The lowest BCUT2D eigenvalue weighted by atomic mass is 9.76. The Bertz CT molecular complexity index is 682. The third-order valence-corrected chi connectivity index (χ3v) is 5.52. The van der Waals surface area contributed by atoms with Crippen LogP contribution in [0.25, 0.3) is 10.7 Å². The van der Waals surface area contributed by atoms with Gasteiger partial charge in [0.1, 0.15) is 10.7 Å². The zero-order valence-electron chi connectivity index (χ0n) is 12.2. The highest BCUT2D eigenvalue weighted by atomic mass is 35.5. The molecule has 1 atom stereocenters. The van der Waals surface area contributed by atoms with Crippen LogP contribution in [0.4, 0.5) is 0 Å². The topological polar surface area (TPSA) is 37.8 Å². The maximum absolute atomic E-state index is 6.26. The molecule has 0 saturated heterocycles. The van der Waals surface area contributed by atoms with Gasteiger partial charge in [-0.2, -0.15) is 0 Å². The quantitative estimate of drug-likeness (QED) is 0.856. The molecule has 2 aromatic heterocycles. The average molecular weight is 342 g/mol. The molecule has 2 heterocycles. The molecule has 21 heavy (non-hydrogen) atoms. The van der Waals surface area contributed by atoms with Crippen molar-refractivity contribution in [2.24, 2.45) is 5.41 Å². The van der Waals surface area contributed by atoms with E-state index < -0.39 is 0 Å². The zero-order valence-corrected chi connectivity index (χ0v) is 14.5. The molecule has 1 aliphatic carbocycles. The van der Waals surface area contributed by atoms with Crippen molar-refractivity contribution in [1.29, 1.82) is 0 Å². The number of aromatic nitrogens is 2. The van der Waals surface area contributed by atoms with Crippen LogP contribution in [0.3, 0.4) is 0 Å². The Morgan fingerprint density at radius 2 is 2.14 bits per heavy atom.